The van der Waals surface area contributed by atoms with Crippen LogP contribution >= 0.6 is 11.8 Å². The van der Waals surface area contributed by atoms with Crippen LogP contribution in [0, 0.1) is 0 Å². The van der Waals surface area contributed by atoms with Crippen molar-refractivity contribution in [2.75, 3.05) is 12.0 Å². The fourth-order valence-corrected chi connectivity index (χ4v) is 5.69. The SMILES string of the molecule is COC(=O)[C@H](C)N1C(=O)S/C(=C/c2ccc3c(c2)[C@H](C)CC(C)(C)N3C(C)C)C1=O. The molecule has 0 bridgehead atoms. The fraction of sp³-hybridized carbons (Fsp3) is 0.522. The topological polar surface area (TPSA) is 66.9 Å². The number of amides is 2. The van der Waals surface area contributed by atoms with Crippen LogP contribution in [0.4, 0.5) is 10.5 Å². The van der Waals surface area contributed by atoms with Gasteiger partial charge in [-0.1, -0.05) is 13.0 Å². The van der Waals surface area contributed by atoms with Crippen molar-refractivity contribution in [3.05, 3.63) is 34.2 Å². The van der Waals surface area contributed by atoms with Gasteiger partial charge in [-0.15, -0.1) is 0 Å². The molecule has 2 amide bonds. The number of anilines is 1. The average molecular weight is 431 g/mol. The number of rotatable bonds is 4. The van der Waals surface area contributed by atoms with Gasteiger partial charge in [-0.05, 0) is 88.1 Å². The van der Waals surface area contributed by atoms with Gasteiger partial charge in [-0.3, -0.25) is 14.5 Å². The van der Waals surface area contributed by atoms with Crippen molar-refractivity contribution in [2.45, 2.75) is 71.5 Å². The van der Waals surface area contributed by atoms with E-state index in [0.29, 0.717) is 16.9 Å². The van der Waals surface area contributed by atoms with Gasteiger partial charge in [-0.2, -0.15) is 0 Å². The van der Waals surface area contributed by atoms with E-state index >= 15 is 0 Å². The van der Waals surface area contributed by atoms with E-state index in [4.69, 9.17) is 0 Å². The zero-order valence-electron chi connectivity index (χ0n) is 18.7. The highest BCUT2D eigenvalue weighted by Gasteiger charge is 2.41. The molecule has 2 heterocycles. The summed E-state index contributed by atoms with van der Waals surface area (Å²) in [5.41, 5.74) is 3.41. The second-order valence-corrected chi connectivity index (χ2v) is 9.94. The Labute approximate surface area is 182 Å². The molecule has 2 aliphatic rings. The molecule has 0 aliphatic carbocycles. The van der Waals surface area contributed by atoms with Gasteiger partial charge in [-0.25, -0.2) is 4.79 Å². The van der Waals surface area contributed by atoms with Crippen molar-refractivity contribution in [1.29, 1.82) is 0 Å². The first-order valence-corrected chi connectivity index (χ1v) is 11.1. The molecular formula is C23H30N2O4S. The van der Waals surface area contributed by atoms with Gasteiger partial charge < -0.3 is 9.64 Å². The van der Waals surface area contributed by atoms with Crippen molar-refractivity contribution < 1.29 is 19.1 Å². The highest BCUT2D eigenvalue weighted by Crippen LogP contribution is 2.45. The van der Waals surface area contributed by atoms with Crippen LogP contribution < -0.4 is 4.90 Å². The molecule has 0 spiro atoms. The predicted molar refractivity (Wildman–Crippen MR) is 120 cm³/mol. The second kappa shape index (κ2) is 8.10. The van der Waals surface area contributed by atoms with Crippen LogP contribution in [0.5, 0.6) is 0 Å². The number of carbonyl (C=O) groups is 3. The number of thioether (sulfide) groups is 1. The Morgan fingerprint density at radius 3 is 2.53 bits per heavy atom. The van der Waals surface area contributed by atoms with E-state index in [9.17, 15) is 14.4 Å². The van der Waals surface area contributed by atoms with Crippen molar-refractivity contribution in [2.24, 2.45) is 0 Å². The summed E-state index contributed by atoms with van der Waals surface area (Å²) >= 11 is 0.857. The molecule has 0 aromatic heterocycles. The van der Waals surface area contributed by atoms with Crippen molar-refractivity contribution in [3.63, 3.8) is 0 Å². The zero-order chi connectivity index (χ0) is 22.4. The molecule has 1 aromatic carbocycles. The fourth-order valence-electron chi connectivity index (χ4n) is 4.78. The molecule has 30 heavy (non-hydrogen) atoms. The molecule has 2 aliphatic heterocycles. The van der Waals surface area contributed by atoms with E-state index < -0.39 is 23.2 Å². The first-order valence-electron chi connectivity index (χ1n) is 10.3. The number of benzene rings is 1. The maximum Gasteiger partial charge on any atom is 0.328 e. The van der Waals surface area contributed by atoms with Gasteiger partial charge in [0.2, 0.25) is 0 Å². The third-order valence-corrected chi connectivity index (χ3v) is 6.75. The van der Waals surface area contributed by atoms with Crippen LogP contribution in [-0.4, -0.2) is 46.7 Å². The normalized spacial score (nSPS) is 23.2. The maximum atomic E-state index is 12.8. The Morgan fingerprint density at radius 2 is 1.93 bits per heavy atom. The van der Waals surface area contributed by atoms with Gasteiger partial charge in [0.05, 0.1) is 12.0 Å². The highest BCUT2D eigenvalue weighted by atomic mass is 32.2. The number of carbonyl (C=O) groups excluding carboxylic acids is 3. The van der Waals surface area contributed by atoms with Crippen LogP contribution in [0.3, 0.4) is 0 Å². The Bertz CT molecular complexity index is 922. The van der Waals surface area contributed by atoms with E-state index in [-0.39, 0.29) is 5.54 Å². The minimum absolute atomic E-state index is 0.0643. The smallest absolute Gasteiger partial charge is 0.328 e. The number of imide groups is 1. The lowest BCUT2D eigenvalue weighted by atomic mass is 9.79. The quantitative estimate of drug-likeness (QED) is 0.506. The Kier molecular flexibility index (Phi) is 6.05. The van der Waals surface area contributed by atoms with E-state index in [1.54, 1.807) is 6.08 Å². The van der Waals surface area contributed by atoms with Gasteiger partial charge in [0.1, 0.15) is 6.04 Å². The van der Waals surface area contributed by atoms with Gasteiger partial charge in [0.15, 0.2) is 0 Å². The summed E-state index contributed by atoms with van der Waals surface area (Å²) in [6, 6.07) is 5.63. The summed E-state index contributed by atoms with van der Waals surface area (Å²) in [5.74, 6) is -0.691. The summed E-state index contributed by atoms with van der Waals surface area (Å²) in [7, 11) is 1.24. The number of methoxy groups -OCH3 is 1. The molecule has 162 valence electrons. The molecule has 0 unspecified atom stereocenters. The number of ether oxygens (including phenoxy) is 1. The Morgan fingerprint density at radius 1 is 1.27 bits per heavy atom. The largest absolute Gasteiger partial charge is 0.467 e. The number of fused-ring (bicyclic) bond motifs is 1. The number of nitrogens with zero attached hydrogens (tertiary/aromatic N) is 2. The third-order valence-electron chi connectivity index (χ3n) is 5.87. The number of hydrogen-bond acceptors (Lipinski definition) is 6. The molecule has 1 fully saturated rings. The van der Waals surface area contributed by atoms with E-state index in [1.165, 1.54) is 25.3 Å². The summed E-state index contributed by atoms with van der Waals surface area (Å²) in [6.45, 7) is 12.7. The molecule has 0 radical (unpaired) electrons. The molecule has 7 heteroatoms. The molecule has 0 N–H and O–H groups in total. The van der Waals surface area contributed by atoms with Crippen LogP contribution in [0.25, 0.3) is 6.08 Å². The lowest BCUT2D eigenvalue weighted by Gasteiger charge is -2.50. The molecule has 1 saturated heterocycles. The lowest BCUT2D eigenvalue weighted by molar-refractivity contribution is -0.148. The van der Waals surface area contributed by atoms with Crippen LogP contribution in [-0.2, 0) is 14.3 Å². The lowest BCUT2D eigenvalue weighted by Crippen LogP contribution is -2.51. The van der Waals surface area contributed by atoms with Crippen molar-refractivity contribution in [3.8, 4) is 0 Å². The van der Waals surface area contributed by atoms with E-state index in [0.717, 1.165) is 28.6 Å². The van der Waals surface area contributed by atoms with E-state index in [1.807, 2.05) is 6.07 Å². The first-order chi connectivity index (χ1) is 14.0. The Hall–Kier alpha value is -2.28. The Balaban J connectivity index is 1.95. The molecule has 3 rings (SSSR count). The number of esters is 1. The van der Waals surface area contributed by atoms with Crippen LogP contribution in [0.2, 0.25) is 0 Å². The predicted octanol–water partition coefficient (Wildman–Crippen LogP) is 4.79. The monoisotopic (exact) mass is 430 g/mol. The summed E-state index contributed by atoms with van der Waals surface area (Å²) < 4.78 is 4.68. The van der Waals surface area contributed by atoms with Crippen molar-refractivity contribution >= 4 is 40.6 Å². The van der Waals surface area contributed by atoms with Crippen LogP contribution in [0.15, 0.2) is 23.1 Å². The van der Waals surface area contributed by atoms with Crippen molar-refractivity contribution in [1.82, 2.24) is 4.90 Å². The van der Waals surface area contributed by atoms with Gasteiger partial charge >= 0.3 is 5.97 Å². The van der Waals surface area contributed by atoms with Gasteiger partial charge in [0.25, 0.3) is 11.1 Å². The molecule has 0 saturated carbocycles. The maximum absolute atomic E-state index is 12.8. The minimum atomic E-state index is -0.946. The van der Waals surface area contributed by atoms with E-state index in [2.05, 4.69) is 56.4 Å². The number of hydrogen-bond donors (Lipinski definition) is 0. The van der Waals surface area contributed by atoms with Crippen LogP contribution in [0.1, 0.15) is 65.0 Å². The standard InChI is InChI=1S/C23H30N2O4S/c1-13(2)25-18-9-8-16(10-17(18)14(3)12-23(25,5)6)11-19-20(26)24(22(28)30-19)15(4)21(27)29-7/h8-11,13-15H,12H2,1-7H3/b19-11+/t14-,15+/m1/s1. The summed E-state index contributed by atoms with van der Waals surface area (Å²) in [4.78, 5) is 40.6. The molecule has 2 atom stereocenters. The molecule has 1 aromatic rings. The first kappa shape index (κ1) is 22.4. The van der Waals surface area contributed by atoms with Gasteiger partial charge in [0, 0.05) is 17.3 Å². The highest BCUT2D eigenvalue weighted by molar-refractivity contribution is 8.18. The summed E-state index contributed by atoms with van der Waals surface area (Å²) in [6.07, 6.45) is 2.77. The summed E-state index contributed by atoms with van der Waals surface area (Å²) in [5, 5.41) is -0.455. The zero-order valence-corrected chi connectivity index (χ0v) is 19.5. The molecule has 6 nitrogen and oxygen atoms in total. The molecular weight excluding hydrogens is 400 g/mol. The minimum Gasteiger partial charge on any atom is -0.467 e. The second-order valence-electron chi connectivity index (χ2n) is 8.95. The average Bonchev–Trinajstić information content (AvgIpc) is 2.93. The third kappa shape index (κ3) is 3.87.